The molecule has 1 atom stereocenters. The van der Waals surface area contributed by atoms with E-state index in [9.17, 15) is 14.7 Å². The van der Waals surface area contributed by atoms with E-state index < -0.39 is 17.7 Å². The van der Waals surface area contributed by atoms with Crippen molar-refractivity contribution in [3.05, 3.63) is 101 Å². The molecule has 1 aliphatic rings. The highest BCUT2D eigenvalue weighted by Crippen LogP contribution is 2.40. The summed E-state index contributed by atoms with van der Waals surface area (Å²) in [7, 11) is 0. The van der Waals surface area contributed by atoms with Crippen molar-refractivity contribution in [2.45, 2.75) is 39.2 Å². The molecule has 0 spiro atoms. The minimum atomic E-state index is -0.731. The lowest BCUT2D eigenvalue weighted by Gasteiger charge is -2.26. The summed E-state index contributed by atoms with van der Waals surface area (Å²) < 4.78 is 11.4. The van der Waals surface area contributed by atoms with Crippen LogP contribution in [0.3, 0.4) is 0 Å². The number of carbonyl (C=O) groups excluding carboxylic acids is 2. The van der Waals surface area contributed by atoms with Crippen molar-refractivity contribution >= 4 is 17.4 Å². The van der Waals surface area contributed by atoms with Crippen molar-refractivity contribution in [3.8, 4) is 11.5 Å². The third-order valence-electron chi connectivity index (χ3n) is 6.40. The molecule has 1 fully saturated rings. The fourth-order valence-corrected chi connectivity index (χ4v) is 4.49. The Morgan fingerprint density at radius 1 is 0.892 bits per heavy atom. The lowest BCUT2D eigenvalue weighted by atomic mass is 9.95. The molecule has 0 radical (unpaired) electrons. The summed E-state index contributed by atoms with van der Waals surface area (Å²) in [5.74, 6) is -0.185. The van der Waals surface area contributed by atoms with Crippen LogP contribution in [0.4, 0.5) is 0 Å². The van der Waals surface area contributed by atoms with E-state index in [2.05, 4.69) is 6.92 Å². The van der Waals surface area contributed by atoms with Crippen LogP contribution < -0.4 is 9.47 Å². The minimum Gasteiger partial charge on any atom is -0.507 e. The maximum absolute atomic E-state index is 13.3. The molecule has 0 bridgehead atoms. The zero-order valence-corrected chi connectivity index (χ0v) is 21.4. The molecule has 1 amide bonds. The smallest absolute Gasteiger partial charge is 0.295 e. The van der Waals surface area contributed by atoms with Gasteiger partial charge in [-0.15, -0.1) is 0 Å². The van der Waals surface area contributed by atoms with Crippen molar-refractivity contribution in [1.82, 2.24) is 4.90 Å². The van der Waals surface area contributed by atoms with Crippen LogP contribution in [0.1, 0.15) is 49.4 Å². The number of likely N-dealkylation sites (tertiary alicyclic amines) is 1. The molecule has 1 aliphatic heterocycles. The van der Waals surface area contributed by atoms with Gasteiger partial charge in [-0.25, -0.2) is 0 Å². The number of Topliss-reactive ketones (excluding diaryl/α,β-unsaturated/α-hetero) is 1. The normalized spacial score (nSPS) is 16.7. The number of hydrogen-bond acceptors (Lipinski definition) is 5. The van der Waals surface area contributed by atoms with Crippen molar-refractivity contribution in [2.75, 3.05) is 19.8 Å². The topological polar surface area (TPSA) is 76.1 Å². The highest BCUT2D eigenvalue weighted by Gasteiger charge is 2.46. The first kappa shape index (κ1) is 26.0. The van der Waals surface area contributed by atoms with Crippen molar-refractivity contribution in [1.29, 1.82) is 0 Å². The Bertz CT molecular complexity index is 1250. The van der Waals surface area contributed by atoms with Crippen molar-refractivity contribution < 1.29 is 24.2 Å². The van der Waals surface area contributed by atoms with Crippen LogP contribution in [0.2, 0.25) is 0 Å². The number of ketones is 1. The first-order valence-electron chi connectivity index (χ1n) is 12.8. The zero-order chi connectivity index (χ0) is 26.2. The van der Waals surface area contributed by atoms with E-state index in [-0.39, 0.29) is 11.3 Å². The highest BCUT2D eigenvalue weighted by atomic mass is 16.5. The molecule has 6 heteroatoms. The van der Waals surface area contributed by atoms with E-state index in [4.69, 9.17) is 9.47 Å². The summed E-state index contributed by atoms with van der Waals surface area (Å²) in [6.45, 7) is 5.43. The fourth-order valence-electron chi connectivity index (χ4n) is 4.49. The van der Waals surface area contributed by atoms with Gasteiger partial charge >= 0.3 is 0 Å². The first-order chi connectivity index (χ1) is 18.0. The van der Waals surface area contributed by atoms with Gasteiger partial charge in [-0.3, -0.25) is 9.59 Å². The number of rotatable bonds is 11. The summed E-state index contributed by atoms with van der Waals surface area (Å²) in [4.78, 5) is 28.2. The number of unbranched alkanes of at least 4 members (excludes halogenated alkanes) is 1. The second kappa shape index (κ2) is 12.3. The first-order valence-corrected chi connectivity index (χ1v) is 12.8. The molecule has 3 aromatic rings. The van der Waals surface area contributed by atoms with Gasteiger partial charge in [-0.2, -0.15) is 0 Å². The average Bonchev–Trinajstić information content (AvgIpc) is 3.18. The minimum absolute atomic E-state index is 0.0768. The van der Waals surface area contributed by atoms with Gasteiger partial charge in [0.05, 0.1) is 24.8 Å². The van der Waals surface area contributed by atoms with Gasteiger partial charge in [0, 0.05) is 12.1 Å². The summed E-state index contributed by atoms with van der Waals surface area (Å²) in [5.41, 5.74) is 2.30. The molecule has 4 rings (SSSR count). The standard InChI is InChI=1S/C31H33NO5/c1-3-5-20-37-26-13-9-12-24(21-26)28-27(29(33)23-14-16-25(17-15-23)36-4-2)30(34)31(35)32(28)19-18-22-10-7-6-8-11-22/h6-17,21,28,33H,3-5,18-20H2,1-2H3/b29-27+. The van der Waals surface area contributed by atoms with E-state index in [0.29, 0.717) is 48.8 Å². The van der Waals surface area contributed by atoms with Gasteiger partial charge in [-0.1, -0.05) is 55.8 Å². The monoisotopic (exact) mass is 499 g/mol. The van der Waals surface area contributed by atoms with Gasteiger partial charge in [0.1, 0.15) is 17.3 Å². The van der Waals surface area contributed by atoms with Crippen molar-refractivity contribution in [2.24, 2.45) is 0 Å². The molecule has 6 nitrogen and oxygen atoms in total. The molecule has 1 saturated heterocycles. The Morgan fingerprint density at radius 2 is 1.65 bits per heavy atom. The fraction of sp³-hybridized carbons (Fsp3) is 0.290. The van der Waals surface area contributed by atoms with Crippen LogP contribution in [0.25, 0.3) is 5.76 Å². The van der Waals surface area contributed by atoms with E-state index in [1.54, 1.807) is 29.2 Å². The van der Waals surface area contributed by atoms with Gasteiger partial charge in [-0.05, 0) is 67.3 Å². The number of nitrogens with zero attached hydrogens (tertiary/aromatic N) is 1. The third-order valence-corrected chi connectivity index (χ3v) is 6.40. The van der Waals surface area contributed by atoms with Crippen LogP contribution in [-0.4, -0.2) is 41.5 Å². The summed E-state index contributed by atoms with van der Waals surface area (Å²) >= 11 is 0. The number of aliphatic hydroxyl groups excluding tert-OH is 1. The van der Waals surface area contributed by atoms with Crippen LogP contribution in [0, 0.1) is 0 Å². The van der Waals surface area contributed by atoms with Crippen LogP contribution >= 0.6 is 0 Å². The predicted molar refractivity (Wildman–Crippen MR) is 144 cm³/mol. The molecule has 0 saturated carbocycles. The number of ether oxygens (including phenoxy) is 2. The Kier molecular flexibility index (Phi) is 8.62. The quantitative estimate of drug-likeness (QED) is 0.153. The Balaban J connectivity index is 1.74. The maximum Gasteiger partial charge on any atom is 0.295 e. The number of benzene rings is 3. The summed E-state index contributed by atoms with van der Waals surface area (Å²) in [6, 6.07) is 23.4. The zero-order valence-electron chi connectivity index (χ0n) is 21.4. The van der Waals surface area contributed by atoms with E-state index >= 15 is 0 Å². The van der Waals surface area contributed by atoms with Gasteiger partial charge in [0.2, 0.25) is 0 Å². The Hall–Kier alpha value is -4.06. The lowest BCUT2D eigenvalue weighted by molar-refractivity contribution is -0.139. The Morgan fingerprint density at radius 3 is 2.35 bits per heavy atom. The molecule has 192 valence electrons. The van der Waals surface area contributed by atoms with Gasteiger partial charge in [0.25, 0.3) is 11.7 Å². The predicted octanol–water partition coefficient (Wildman–Crippen LogP) is 5.93. The molecular weight excluding hydrogens is 466 g/mol. The molecule has 1 heterocycles. The molecular formula is C31H33NO5. The number of hydrogen-bond donors (Lipinski definition) is 1. The molecule has 37 heavy (non-hydrogen) atoms. The second-order valence-corrected chi connectivity index (χ2v) is 8.96. The third kappa shape index (κ3) is 6.02. The maximum atomic E-state index is 13.3. The van der Waals surface area contributed by atoms with E-state index in [0.717, 1.165) is 18.4 Å². The molecule has 0 aliphatic carbocycles. The molecule has 1 N–H and O–H groups in total. The van der Waals surface area contributed by atoms with Gasteiger partial charge in [0.15, 0.2) is 0 Å². The van der Waals surface area contributed by atoms with E-state index in [1.165, 1.54) is 0 Å². The number of carbonyl (C=O) groups is 2. The molecule has 0 aromatic heterocycles. The number of aliphatic hydroxyl groups is 1. The number of amides is 1. The van der Waals surface area contributed by atoms with Crippen molar-refractivity contribution in [3.63, 3.8) is 0 Å². The molecule has 1 unspecified atom stereocenters. The summed E-state index contributed by atoms with van der Waals surface area (Å²) in [5, 5.41) is 11.3. The van der Waals surface area contributed by atoms with Crippen LogP contribution in [0.15, 0.2) is 84.4 Å². The largest absolute Gasteiger partial charge is 0.507 e. The second-order valence-electron chi connectivity index (χ2n) is 8.96. The lowest BCUT2D eigenvalue weighted by Crippen LogP contribution is -2.31. The Labute approximate surface area is 218 Å². The summed E-state index contributed by atoms with van der Waals surface area (Å²) in [6.07, 6.45) is 2.53. The molecule has 3 aromatic carbocycles. The van der Waals surface area contributed by atoms with Gasteiger partial charge < -0.3 is 19.5 Å². The van der Waals surface area contributed by atoms with E-state index in [1.807, 2.05) is 61.5 Å². The SMILES string of the molecule is CCCCOc1cccc(C2/C(=C(\O)c3ccc(OCC)cc3)C(=O)C(=O)N2CCc2ccccc2)c1. The van der Waals surface area contributed by atoms with Crippen LogP contribution in [0.5, 0.6) is 11.5 Å². The highest BCUT2D eigenvalue weighted by molar-refractivity contribution is 6.46. The average molecular weight is 500 g/mol. The van der Waals surface area contributed by atoms with Crippen LogP contribution in [-0.2, 0) is 16.0 Å².